The molecule has 0 bridgehead atoms. The quantitative estimate of drug-likeness (QED) is 0.740. The van der Waals surface area contributed by atoms with Crippen LogP contribution in [0.15, 0.2) is 23.1 Å². The molecule has 1 aliphatic rings. The molecule has 0 aromatic heterocycles. The number of carbonyl (C=O) groups excluding carboxylic acids is 1. The Labute approximate surface area is 90.9 Å². The second kappa shape index (κ2) is 3.58. The van der Waals surface area contributed by atoms with Crippen molar-refractivity contribution in [2.75, 3.05) is 6.26 Å². The highest BCUT2D eigenvalue weighted by Gasteiger charge is 2.31. The second-order valence-corrected chi connectivity index (χ2v) is 4.08. The first-order valence-electron chi connectivity index (χ1n) is 4.35. The van der Waals surface area contributed by atoms with Gasteiger partial charge in [-0.3, -0.25) is 4.79 Å². The average Bonchev–Trinajstić information content (AvgIpc) is 2.55. The Balaban J connectivity index is 2.41. The molecule has 2 rings (SSSR count). The molecule has 78 valence electrons. The van der Waals surface area contributed by atoms with Crippen LogP contribution >= 0.6 is 11.8 Å². The molecule has 0 unspecified atom stereocenters. The van der Waals surface area contributed by atoms with Crippen molar-refractivity contribution >= 4 is 23.8 Å². The Morgan fingerprint density at radius 3 is 2.87 bits per heavy atom. The lowest BCUT2D eigenvalue weighted by atomic mass is 10.1. The van der Waals surface area contributed by atoms with Crippen molar-refractivity contribution in [3.63, 3.8) is 0 Å². The maximum absolute atomic E-state index is 11.6. The highest BCUT2D eigenvalue weighted by Crippen LogP contribution is 2.26. The summed E-state index contributed by atoms with van der Waals surface area (Å²) in [4.78, 5) is 24.2. The van der Waals surface area contributed by atoms with Gasteiger partial charge >= 0.3 is 6.09 Å². The van der Waals surface area contributed by atoms with Gasteiger partial charge in [-0.05, 0) is 30.0 Å². The summed E-state index contributed by atoms with van der Waals surface area (Å²) in [6, 6.07) is 5.38. The molecule has 1 heterocycles. The Morgan fingerprint density at radius 1 is 1.53 bits per heavy atom. The largest absolute Gasteiger partial charge is 0.465 e. The molecule has 1 aromatic rings. The molecule has 0 radical (unpaired) electrons. The number of hydrogen-bond donors (Lipinski definition) is 1. The Morgan fingerprint density at radius 2 is 2.27 bits per heavy atom. The third kappa shape index (κ3) is 1.59. The standard InChI is InChI=1S/C10H9NO3S/c1-15-7-2-3-8-6(4-7)5-11(9(8)12)10(13)14/h2-4H,5H2,1H3,(H,13,14). The average molecular weight is 223 g/mol. The van der Waals surface area contributed by atoms with E-state index < -0.39 is 12.0 Å². The van der Waals surface area contributed by atoms with Gasteiger partial charge in [0.2, 0.25) is 0 Å². The molecule has 15 heavy (non-hydrogen) atoms. The van der Waals surface area contributed by atoms with Gasteiger partial charge in [0.15, 0.2) is 0 Å². The molecule has 0 spiro atoms. The molecule has 1 aliphatic heterocycles. The van der Waals surface area contributed by atoms with Crippen molar-refractivity contribution in [2.45, 2.75) is 11.4 Å². The van der Waals surface area contributed by atoms with E-state index in [4.69, 9.17) is 5.11 Å². The molecular weight excluding hydrogens is 214 g/mol. The number of imide groups is 1. The van der Waals surface area contributed by atoms with E-state index in [2.05, 4.69) is 0 Å². The summed E-state index contributed by atoms with van der Waals surface area (Å²) in [6.07, 6.45) is 0.745. The van der Waals surface area contributed by atoms with Gasteiger partial charge in [-0.25, -0.2) is 9.69 Å². The molecule has 2 amide bonds. The fraction of sp³-hybridized carbons (Fsp3) is 0.200. The lowest BCUT2D eigenvalue weighted by Gasteiger charge is -2.06. The minimum Gasteiger partial charge on any atom is -0.465 e. The second-order valence-electron chi connectivity index (χ2n) is 3.20. The van der Waals surface area contributed by atoms with E-state index in [1.54, 1.807) is 17.8 Å². The molecule has 0 atom stereocenters. The van der Waals surface area contributed by atoms with Crippen LogP contribution in [0.4, 0.5) is 4.79 Å². The molecule has 5 heteroatoms. The molecule has 1 N–H and O–H groups in total. The zero-order valence-corrected chi connectivity index (χ0v) is 8.87. The Hall–Kier alpha value is -1.49. The molecule has 1 aromatic carbocycles. The number of thioether (sulfide) groups is 1. The summed E-state index contributed by atoms with van der Waals surface area (Å²) in [5.74, 6) is -0.426. The number of nitrogens with zero attached hydrogens (tertiary/aromatic N) is 1. The zero-order chi connectivity index (χ0) is 11.0. The summed E-state index contributed by atoms with van der Waals surface area (Å²) < 4.78 is 0. The van der Waals surface area contributed by atoms with Crippen LogP contribution in [0.2, 0.25) is 0 Å². The Bertz CT molecular complexity index is 444. The predicted octanol–water partition coefficient (Wildman–Crippen LogP) is 2.04. The third-order valence-electron chi connectivity index (χ3n) is 2.35. The first-order chi connectivity index (χ1) is 7.13. The van der Waals surface area contributed by atoms with E-state index in [1.165, 1.54) is 0 Å². The number of rotatable bonds is 1. The third-order valence-corrected chi connectivity index (χ3v) is 3.07. The van der Waals surface area contributed by atoms with Gasteiger partial charge in [-0.2, -0.15) is 0 Å². The molecule has 0 fully saturated rings. The van der Waals surface area contributed by atoms with Crippen molar-refractivity contribution < 1.29 is 14.7 Å². The van der Waals surface area contributed by atoms with Crippen LogP contribution < -0.4 is 0 Å². The normalized spacial score (nSPS) is 14.2. The van der Waals surface area contributed by atoms with Crippen LogP contribution in [0.25, 0.3) is 0 Å². The SMILES string of the molecule is CSc1ccc2c(c1)CN(C(=O)O)C2=O. The fourth-order valence-electron chi connectivity index (χ4n) is 1.58. The first-order valence-corrected chi connectivity index (χ1v) is 5.57. The van der Waals surface area contributed by atoms with Gasteiger partial charge in [-0.1, -0.05) is 0 Å². The number of fused-ring (bicyclic) bond motifs is 1. The molecular formula is C10H9NO3S. The minimum absolute atomic E-state index is 0.165. The fourth-order valence-corrected chi connectivity index (χ4v) is 2.04. The van der Waals surface area contributed by atoms with Gasteiger partial charge in [0, 0.05) is 10.5 Å². The molecule has 4 nitrogen and oxygen atoms in total. The lowest BCUT2D eigenvalue weighted by Crippen LogP contribution is -2.29. The number of amides is 2. The van der Waals surface area contributed by atoms with E-state index in [1.807, 2.05) is 18.4 Å². The van der Waals surface area contributed by atoms with E-state index in [0.29, 0.717) is 5.56 Å². The van der Waals surface area contributed by atoms with Crippen molar-refractivity contribution in [1.29, 1.82) is 0 Å². The van der Waals surface area contributed by atoms with Crippen molar-refractivity contribution in [2.24, 2.45) is 0 Å². The van der Waals surface area contributed by atoms with Crippen molar-refractivity contribution in [1.82, 2.24) is 4.90 Å². The maximum atomic E-state index is 11.6. The molecule has 0 saturated heterocycles. The van der Waals surface area contributed by atoms with E-state index >= 15 is 0 Å². The zero-order valence-electron chi connectivity index (χ0n) is 8.06. The number of carboxylic acid groups (broad SMARTS) is 1. The van der Waals surface area contributed by atoms with Crippen LogP contribution in [0.3, 0.4) is 0 Å². The number of hydrogen-bond acceptors (Lipinski definition) is 3. The van der Waals surface area contributed by atoms with Gasteiger partial charge in [0.1, 0.15) is 0 Å². The summed E-state index contributed by atoms with van der Waals surface area (Å²) in [6.45, 7) is 0.165. The van der Waals surface area contributed by atoms with Crippen LogP contribution in [-0.4, -0.2) is 28.3 Å². The number of benzene rings is 1. The highest BCUT2D eigenvalue weighted by molar-refractivity contribution is 7.98. The Kier molecular flexibility index (Phi) is 2.40. The van der Waals surface area contributed by atoms with Gasteiger partial charge in [-0.15, -0.1) is 11.8 Å². The van der Waals surface area contributed by atoms with Crippen LogP contribution in [0, 0.1) is 0 Å². The van der Waals surface area contributed by atoms with Gasteiger partial charge in [0.05, 0.1) is 6.54 Å². The summed E-state index contributed by atoms with van der Waals surface area (Å²) in [5, 5.41) is 8.78. The lowest BCUT2D eigenvalue weighted by molar-refractivity contribution is 0.0764. The van der Waals surface area contributed by atoms with E-state index in [0.717, 1.165) is 15.4 Å². The minimum atomic E-state index is -1.19. The monoisotopic (exact) mass is 223 g/mol. The number of carbonyl (C=O) groups is 2. The van der Waals surface area contributed by atoms with Gasteiger partial charge in [0.25, 0.3) is 5.91 Å². The van der Waals surface area contributed by atoms with Crippen LogP contribution in [0.1, 0.15) is 15.9 Å². The van der Waals surface area contributed by atoms with Gasteiger partial charge < -0.3 is 5.11 Å². The van der Waals surface area contributed by atoms with Crippen LogP contribution in [0.5, 0.6) is 0 Å². The van der Waals surface area contributed by atoms with Crippen molar-refractivity contribution in [3.8, 4) is 0 Å². The van der Waals surface area contributed by atoms with E-state index in [-0.39, 0.29) is 6.54 Å². The summed E-state index contributed by atoms with van der Waals surface area (Å²) in [7, 11) is 0. The van der Waals surface area contributed by atoms with E-state index in [9.17, 15) is 9.59 Å². The smallest absolute Gasteiger partial charge is 0.414 e. The van der Waals surface area contributed by atoms with Crippen LogP contribution in [-0.2, 0) is 6.54 Å². The molecule has 0 saturated carbocycles. The summed E-state index contributed by atoms with van der Waals surface area (Å²) in [5.41, 5.74) is 1.28. The van der Waals surface area contributed by atoms with Crippen molar-refractivity contribution in [3.05, 3.63) is 29.3 Å². The molecule has 0 aliphatic carbocycles. The predicted molar refractivity (Wildman–Crippen MR) is 56.1 cm³/mol. The highest BCUT2D eigenvalue weighted by atomic mass is 32.2. The topological polar surface area (TPSA) is 57.6 Å². The maximum Gasteiger partial charge on any atom is 0.414 e. The summed E-state index contributed by atoms with van der Waals surface area (Å²) >= 11 is 1.57. The first kappa shape index (κ1) is 10.0.